The van der Waals surface area contributed by atoms with E-state index in [0.29, 0.717) is 25.0 Å². The normalized spacial score (nSPS) is 13.9. The Morgan fingerprint density at radius 3 is 2.47 bits per heavy atom. The quantitative estimate of drug-likeness (QED) is 0.287. The van der Waals surface area contributed by atoms with Gasteiger partial charge >= 0.3 is 7.82 Å². The van der Waals surface area contributed by atoms with Gasteiger partial charge in [0.15, 0.2) is 0 Å². The first kappa shape index (κ1) is 18.3. The molecule has 7 nitrogen and oxygen atoms in total. The summed E-state index contributed by atoms with van der Waals surface area (Å²) in [6.07, 6.45) is 1.07. The Hall–Kier alpha value is -0.720. The summed E-state index contributed by atoms with van der Waals surface area (Å²) in [6.45, 7) is 7.28. The van der Waals surface area contributed by atoms with Crippen molar-refractivity contribution in [2.24, 2.45) is 0 Å². The highest BCUT2D eigenvalue weighted by molar-refractivity contribution is 7.47. The first-order valence-corrected chi connectivity index (χ1v) is 7.47. The van der Waals surface area contributed by atoms with Gasteiger partial charge in [0.2, 0.25) is 0 Å². The fourth-order valence-corrected chi connectivity index (χ4v) is 1.99. The van der Waals surface area contributed by atoms with Crippen LogP contribution in [0.15, 0.2) is 12.2 Å². The summed E-state index contributed by atoms with van der Waals surface area (Å²) in [6, 6.07) is 0. The van der Waals surface area contributed by atoms with Crippen molar-refractivity contribution < 1.29 is 28.1 Å². The van der Waals surface area contributed by atoms with E-state index in [1.165, 1.54) is 12.2 Å². The van der Waals surface area contributed by atoms with Crippen molar-refractivity contribution in [3.05, 3.63) is 12.2 Å². The van der Waals surface area contributed by atoms with Crippen LogP contribution in [0.4, 0.5) is 0 Å². The molecule has 0 aliphatic heterocycles. The van der Waals surface area contributed by atoms with Crippen molar-refractivity contribution >= 4 is 13.7 Å². The highest BCUT2D eigenvalue weighted by Crippen LogP contribution is 2.42. The van der Waals surface area contributed by atoms with Crippen LogP contribution in [0.3, 0.4) is 0 Å². The van der Waals surface area contributed by atoms with Crippen LogP contribution in [-0.2, 0) is 23.2 Å². The third-order valence-corrected chi connectivity index (χ3v) is 3.21. The van der Waals surface area contributed by atoms with Crippen molar-refractivity contribution in [2.75, 3.05) is 26.9 Å². The lowest BCUT2D eigenvalue weighted by molar-refractivity contribution is -0.171. The van der Waals surface area contributed by atoms with Crippen molar-refractivity contribution in [1.29, 1.82) is 0 Å². The van der Waals surface area contributed by atoms with Crippen LogP contribution in [0.25, 0.3) is 0 Å². The Balaban J connectivity index is 3.88. The van der Waals surface area contributed by atoms with Crippen LogP contribution in [0.1, 0.15) is 26.7 Å². The monoisotopic (exact) mass is 295 g/mol. The summed E-state index contributed by atoms with van der Waals surface area (Å²) in [5, 5.41) is 1.18. The van der Waals surface area contributed by atoms with E-state index in [1.54, 1.807) is 13.8 Å². The molecule has 0 fully saturated rings. The molecule has 19 heavy (non-hydrogen) atoms. The lowest BCUT2D eigenvalue weighted by atomic mass is 10.3. The fourth-order valence-electron chi connectivity index (χ4n) is 1.23. The molecule has 1 amide bonds. The number of amides is 1. The number of hydrogen-bond donors (Lipinski definition) is 1. The zero-order valence-electron chi connectivity index (χ0n) is 11.6. The second kappa shape index (κ2) is 9.23. The Labute approximate surface area is 113 Å². The molecule has 0 spiro atoms. The van der Waals surface area contributed by atoms with Gasteiger partial charge in [-0.25, -0.2) is 9.63 Å². The fraction of sp³-hybridized carbons (Fsp3) is 0.727. The van der Waals surface area contributed by atoms with E-state index in [0.717, 1.165) is 0 Å². The van der Waals surface area contributed by atoms with Gasteiger partial charge in [-0.15, -0.1) is 0 Å². The van der Waals surface area contributed by atoms with E-state index < -0.39 is 7.82 Å². The summed E-state index contributed by atoms with van der Waals surface area (Å²) in [7, 11) is -2.53. The van der Waals surface area contributed by atoms with E-state index in [9.17, 15) is 9.36 Å². The molecular weight excluding hydrogens is 273 g/mol. The number of phosphoric ester groups is 1. The van der Waals surface area contributed by atoms with Gasteiger partial charge in [-0.2, -0.15) is 0 Å². The predicted octanol–water partition coefficient (Wildman–Crippen LogP) is 1.89. The number of nitrogens with zero attached hydrogens (tertiary/aromatic N) is 1. The SMILES string of the molecule is C=C(C)C(=O)N(CCCCOP(=O)(O)OCC)OC. The van der Waals surface area contributed by atoms with E-state index >= 15 is 0 Å². The number of carbonyl (C=O) groups excluding carboxylic acids is 1. The Bertz CT molecular complexity index is 346. The van der Waals surface area contributed by atoms with Gasteiger partial charge in [0.25, 0.3) is 5.91 Å². The maximum atomic E-state index is 11.5. The predicted molar refractivity (Wildman–Crippen MR) is 70.2 cm³/mol. The minimum absolute atomic E-state index is 0.0760. The van der Waals surface area contributed by atoms with Crippen LogP contribution in [-0.4, -0.2) is 42.7 Å². The first-order chi connectivity index (χ1) is 8.84. The van der Waals surface area contributed by atoms with Crippen molar-refractivity contribution in [2.45, 2.75) is 26.7 Å². The van der Waals surface area contributed by atoms with Crippen LogP contribution in [0, 0.1) is 0 Å². The molecule has 0 radical (unpaired) electrons. The number of hydroxylamine groups is 2. The lowest BCUT2D eigenvalue weighted by Gasteiger charge is -2.19. The van der Waals surface area contributed by atoms with Gasteiger partial charge in [0.1, 0.15) is 0 Å². The van der Waals surface area contributed by atoms with E-state index in [4.69, 9.17) is 14.3 Å². The van der Waals surface area contributed by atoms with Gasteiger partial charge in [-0.3, -0.25) is 18.7 Å². The molecule has 0 aliphatic carbocycles. The molecule has 1 atom stereocenters. The minimum atomic E-state index is -3.92. The van der Waals surface area contributed by atoms with Crippen LogP contribution >= 0.6 is 7.82 Å². The van der Waals surface area contributed by atoms with Gasteiger partial charge in [0.05, 0.1) is 20.3 Å². The van der Waals surface area contributed by atoms with Gasteiger partial charge in [0, 0.05) is 12.1 Å². The Morgan fingerprint density at radius 1 is 1.37 bits per heavy atom. The molecule has 0 saturated heterocycles. The summed E-state index contributed by atoms with van der Waals surface area (Å²) >= 11 is 0. The standard InChI is InChI=1S/C11H22NO6P/c1-5-17-19(14,15)18-9-7-6-8-12(16-4)11(13)10(2)3/h2,5-9H2,1,3-4H3,(H,14,15). The average molecular weight is 295 g/mol. The van der Waals surface area contributed by atoms with E-state index in [2.05, 4.69) is 11.1 Å². The number of hydrogen-bond acceptors (Lipinski definition) is 5. The molecule has 0 aliphatic rings. The van der Waals surface area contributed by atoms with Crippen molar-refractivity contribution in [3.8, 4) is 0 Å². The second-order valence-electron chi connectivity index (χ2n) is 3.80. The molecule has 0 saturated carbocycles. The maximum Gasteiger partial charge on any atom is 0.472 e. The topological polar surface area (TPSA) is 85.3 Å². The Kier molecular flexibility index (Phi) is 8.88. The highest BCUT2D eigenvalue weighted by atomic mass is 31.2. The van der Waals surface area contributed by atoms with E-state index in [1.807, 2.05) is 0 Å². The van der Waals surface area contributed by atoms with Crippen LogP contribution < -0.4 is 0 Å². The third-order valence-electron chi connectivity index (χ3n) is 2.11. The van der Waals surface area contributed by atoms with Gasteiger partial charge < -0.3 is 4.89 Å². The molecule has 0 aromatic carbocycles. The molecule has 8 heteroatoms. The summed E-state index contributed by atoms with van der Waals surface area (Å²) in [4.78, 5) is 25.6. The molecular formula is C11H22NO6P. The van der Waals surface area contributed by atoms with Crippen molar-refractivity contribution in [1.82, 2.24) is 5.06 Å². The molecule has 1 N–H and O–H groups in total. The zero-order chi connectivity index (χ0) is 14.9. The molecule has 0 heterocycles. The maximum absolute atomic E-state index is 11.5. The zero-order valence-corrected chi connectivity index (χ0v) is 12.5. The largest absolute Gasteiger partial charge is 0.472 e. The number of carbonyl (C=O) groups is 1. The second-order valence-corrected chi connectivity index (χ2v) is 5.25. The molecule has 0 bridgehead atoms. The van der Waals surface area contributed by atoms with Gasteiger partial charge in [-0.05, 0) is 26.7 Å². The first-order valence-electron chi connectivity index (χ1n) is 5.97. The number of unbranched alkanes of at least 4 members (excludes halogenated alkanes) is 1. The number of phosphoric acid groups is 1. The average Bonchev–Trinajstić information content (AvgIpc) is 2.32. The number of rotatable bonds is 10. The summed E-state index contributed by atoms with van der Waals surface area (Å²) in [5.41, 5.74) is 0.384. The highest BCUT2D eigenvalue weighted by Gasteiger charge is 2.19. The summed E-state index contributed by atoms with van der Waals surface area (Å²) < 4.78 is 20.4. The molecule has 1 unspecified atom stereocenters. The molecule has 0 rings (SSSR count). The van der Waals surface area contributed by atoms with Crippen LogP contribution in [0.2, 0.25) is 0 Å². The van der Waals surface area contributed by atoms with Crippen LogP contribution in [0.5, 0.6) is 0 Å². The van der Waals surface area contributed by atoms with Gasteiger partial charge in [-0.1, -0.05) is 6.58 Å². The third kappa shape index (κ3) is 8.13. The smallest absolute Gasteiger partial charge is 0.302 e. The lowest BCUT2D eigenvalue weighted by Crippen LogP contribution is -2.31. The molecule has 112 valence electrons. The summed E-state index contributed by atoms with van der Waals surface area (Å²) in [5.74, 6) is -0.287. The molecule has 0 aromatic rings. The molecule has 0 aromatic heterocycles. The Morgan fingerprint density at radius 2 is 2.00 bits per heavy atom. The van der Waals surface area contributed by atoms with Crippen molar-refractivity contribution in [3.63, 3.8) is 0 Å². The van der Waals surface area contributed by atoms with E-state index in [-0.39, 0.29) is 19.1 Å². The minimum Gasteiger partial charge on any atom is -0.302 e.